The highest BCUT2D eigenvalue weighted by atomic mass is 16.1. The molecule has 0 bridgehead atoms. The summed E-state index contributed by atoms with van der Waals surface area (Å²) in [6, 6.07) is 18.0. The SMILES string of the molecule is O=C(Nc1cccc(C2NN=CN2C2CC2)c1)c1cccc(-c2ccc(C3CC3)nc2)n1. The fourth-order valence-corrected chi connectivity index (χ4v) is 4.11. The average Bonchev–Trinajstić information content (AvgIpc) is 3.78. The van der Waals surface area contributed by atoms with Crippen molar-refractivity contribution in [1.82, 2.24) is 20.3 Å². The molecule has 3 heterocycles. The second-order valence-electron chi connectivity index (χ2n) is 8.69. The van der Waals surface area contributed by atoms with E-state index in [1.165, 1.54) is 25.7 Å². The van der Waals surface area contributed by atoms with Gasteiger partial charge in [0.2, 0.25) is 0 Å². The summed E-state index contributed by atoms with van der Waals surface area (Å²) in [6.45, 7) is 0. The summed E-state index contributed by atoms with van der Waals surface area (Å²) in [5.41, 5.74) is 8.14. The molecule has 1 atom stereocenters. The highest BCUT2D eigenvalue weighted by Crippen LogP contribution is 2.39. The number of pyridine rings is 2. The number of rotatable bonds is 6. The van der Waals surface area contributed by atoms with Crippen molar-refractivity contribution in [1.29, 1.82) is 0 Å². The van der Waals surface area contributed by atoms with Crippen LogP contribution in [0.5, 0.6) is 0 Å². The second kappa shape index (κ2) is 7.75. The van der Waals surface area contributed by atoms with Gasteiger partial charge >= 0.3 is 0 Å². The fraction of sp³-hybridized carbons (Fsp3) is 0.280. The minimum Gasteiger partial charge on any atom is -0.333 e. The van der Waals surface area contributed by atoms with Gasteiger partial charge in [0.1, 0.15) is 18.2 Å². The predicted octanol–water partition coefficient (Wildman–Crippen LogP) is 4.28. The summed E-state index contributed by atoms with van der Waals surface area (Å²) in [4.78, 5) is 24.3. The van der Waals surface area contributed by atoms with Crippen molar-refractivity contribution in [2.24, 2.45) is 5.10 Å². The molecule has 1 amide bonds. The van der Waals surface area contributed by atoms with E-state index < -0.39 is 0 Å². The van der Waals surface area contributed by atoms with E-state index in [0.717, 1.165) is 28.2 Å². The molecule has 7 heteroatoms. The Hall–Kier alpha value is -3.74. The number of aromatic nitrogens is 2. The van der Waals surface area contributed by atoms with E-state index in [9.17, 15) is 4.79 Å². The van der Waals surface area contributed by atoms with Crippen LogP contribution in [0.25, 0.3) is 11.3 Å². The molecule has 0 spiro atoms. The molecule has 0 radical (unpaired) electrons. The Labute approximate surface area is 186 Å². The first-order chi connectivity index (χ1) is 15.7. The van der Waals surface area contributed by atoms with E-state index in [2.05, 4.69) is 42.8 Å². The van der Waals surface area contributed by atoms with Gasteiger partial charge in [0.05, 0.1) is 5.69 Å². The lowest BCUT2D eigenvalue weighted by atomic mass is 10.1. The maximum Gasteiger partial charge on any atom is 0.274 e. The molecule has 2 fully saturated rings. The molecule has 3 aliphatic rings. The molecule has 1 aromatic carbocycles. The van der Waals surface area contributed by atoms with Crippen molar-refractivity contribution >= 4 is 17.9 Å². The minimum absolute atomic E-state index is 0.00640. The molecule has 1 unspecified atom stereocenters. The Kier molecular flexibility index (Phi) is 4.60. The molecule has 2 N–H and O–H groups in total. The molecule has 32 heavy (non-hydrogen) atoms. The van der Waals surface area contributed by atoms with Crippen LogP contribution < -0.4 is 10.7 Å². The Morgan fingerprint density at radius 3 is 2.69 bits per heavy atom. The summed E-state index contributed by atoms with van der Waals surface area (Å²) >= 11 is 0. The molecule has 2 aliphatic carbocycles. The summed E-state index contributed by atoms with van der Waals surface area (Å²) in [7, 11) is 0. The first-order valence-electron chi connectivity index (χ1n) is 11.2. The van der Waals surface area contributed by atoms with E-state index in [-0.39, 0.29) is 12.1 Å². The Morgan fingerprint density at radius 2 is 1.91 bits per heavy atom. The van der Waals surface area contributed by atoms with Crippen molar-refractivity contribution < 1.29 is 4.79 Å². The van der Waals surface area contributed by atoms with Gasteiger partial charge in [0, 0.05) is 35.1 Å². The number of anilines is 1. The lowest BCUT2D eigenvalue weighted by Gasteiger charge is -2.24. The molecule has 1 aliphatic heterocycles. The quantitative estimate of drug-likeness (QED) is 0.617. The highest BCUT2D eigenvalue weighted by molar-refractivity contribution is 6.03. The van der Waals surface area contributed by atoms with Gasteiger partial charge in [-0.3, -0.25) is 15.2 Å². The summed E-state index contributed by atoms with van der Waals surface area (Å²) in [5, 5.41) is 7.22. The molecule has 7 nitrogen and oxygen atoms in total. The van der Waals surface area contributed by atoms with Crippen molar-refractivity contribution in [3.63, 3.8) is 0 Å². The van der Waals surface area contributed by atoms with Gasteiger partial charge in [-0.25, -0.2) is 4.98 Å². The maximum absolute atomic E-state index is 12.9. The van der Waals surface area contributed by atoms with Gasteiger partial charge < -0.3 is 10.2 Å². The average molecular weight is 425 g/mol. The van der Waals surface area contributed by atoms with Gasteiger partial charge in [0.25, 0.3) is 5.91 Å². The first kappa shape index (κ1) is 19.0. The molecule has 160 valence electrons. The number of benzene rings is 1. The van der Waals surface area contributed by atoms with E-state index >= 15 is 0 Å². The standard InChI is InChI=1S/C25H24N6O/c32-25(23-6-2-5-22(29-23)18-9-12-21(26-14-18)16-7-8-16)28-19-4-1-3-17(13-19)24-30-27-15-31(24)20-10-11-20/h1-6,9,12-16,20,24,30H,7-8,10-11H2,(H,28,32). The number of nitrogens with zero attached hydrogens (tertiary/aromatic N) is 4. The zero-order valence-corrected chi connectivity index (χ0v) is 17.6. The van der Waals surface area contributed by atoms with Crippen LogP contribution in [-0.2, 0) is 0 Å². The van der Waals surface area contributed by atoms with Crippen LogP contribution in [0.3, 0.4) is 0 Å². The van der Waals surface area contributed by atoms with Crippen LogP contribution in [-0.4, -0.2) is 33.2 Å². The van der Waals surface area contributed by atoms with Crippen molar-refractivity contribution in [2.45, 2.75) is 43.8 Å². The summed E-state index contributed by atoms with van der Waals surface area (Å²) in [5.74, 6) is 0.383. The Morgan fingerprint density at radius 1 is 1.03 bits per heavy atom. The van der Waals surface area contributed by atoms with Crippen molar-refractivity contribution in [3.8, 4) is 11.3 Å². The smallest absolute Gasteiger partial charge is 0.274 e. The predicted molar refractivity (Wildman–Crippen MR) is 123 cm³/mol. The number of hydrogen-bond acceptors (Lipinski definition) is 6. The number of hydrogen-bond donors (Lipinski definition) is 2. The van der Waals surface area contributed by atoms with Gasteiger partial charge in [-0.05, 0) is 67.6 Å². The number of nitrogens with one attached hydrogen (secondary N) is 2. The van der Waals surface area contributed by atoms with Crippen LogP contribution in [0, 0.1) is 0 Å². The minimum atomic E-state index is -0.235. The third-order valence-corrected chi connectivity index (χ3v) is 6.17. The first-order valence-corrected chi connectivity index (χ1v) is 11.2. The number of hydrazone groups is 1. The Balaban J connectivity index is 1.18. The third-order valence-electron chi connectivity index (χ3n) is 6.17. The van der Waals surface area contributed by atoms with Gasteiger partial charge in [0.15, 0.2) is 0 Å². The summed E-state index contributed by atoms with van der Waals surface area (Å²) in [6.07, 6.45) is 8.57. The van der Waals surface area contributed by atoms with Crippen LogP contribution in [0.15, 0.2) is 65.9 Å². The molecule has 0 saturated heterocycles. The van der Waals surface area contributed by atoms with Crippen LogP contribution in [0.4, 0.5) is 5.69 Å². The lowest BCUT2D eigenvalue weighted by molar-refractivity contribution is 0.102. The monoisotopic (exact) mass is 424 g/mol. The number of carbonyl (C=O) groups excluding carboxylic acids is 1. The topological polar surface area (TPSA) is 82.5 Å². The van der Waals surface area contributed by atoms with Gasteiger partial charge in [-0.15, -0.1) is 0 Å². The van der Waals surface area contributed by atoms with Crippen LogP contribution in [0.2, 0.25) is 0 Å². The number of amides is 1. The highest BCUT2D eigenvalue weighted by Gasteiger charge is 2.35. The van der Waals surface area contributed by atoms with E-state index in [1.54, 1.807) is 6.07 Å². The summed E-state index contributed by atoms with van der Waals surface area (Å²) < 4.78 is 0. The largest absolute Gasteiger partial charge is 0.333 e. The number of carbonyl (C=O) groups is 1. The van der Waals surface area contributed by atoms with Gasteiger partial charge in [-0.1, -0.05) is 18.2 Å². The van der Waals surface area contributed by atoms with Crippen LogP contribution in [0.1, 0.15) is 59.5 Å². The normalized spacial score (nSPS) is 19.6. The lowest BCUT2D eigenvalue weighted by Crippen LogP contribution is -2.30. The van der Waals surface area contributed by atoms with Crippen molar-refractivity contribution in [2.75, 3.05) is 5.32 Å². The zero-order chi connectivity index (χ0) is 21.5. The van der Waals surface area contributed by atoms with E-state index in [4.69, 9.17) is 0 Å². The van der Waals surface area contributed by atoms with E-state index in [1.807, 2.05) is 48.9 Å². The molecule has 2 saturated carbocycles. The van der Waals surface area contributed by atoms with Gasteiger partial charge in [-0.2, -0.15) is 5.10 Å². The Bertz CT molecular complexity index is 1180. The molecule has 3 aromatic rings. The maximum atomic E-state index is 12.9. The molecular formula is C25H24N6O. The molecule has 6 rings (SSSR count). The fourth-order valence-electron chi connectivity index (χ4n) is 4.11. The van der Waals surface area contributed by atoms with E-state index in [0.29, 0.717) is 17.7 Å². The second-order valence-corrected chi connectivity index (χ2v) is 8.69. The third kappa shape index (κ3) is 3.82. The zero-order valence-electron chi connectivity index (χ0n) is 17.6. The molecule has 2 aromatic heterocycles. The van der Waals surface area contributed by atoms with Crippen molar-refractivity contribution in [3.05, 3.63) is 77.7 Å². The molecular weight excluding hydrogens is 400 g/mol. The van der Waals surface area contributed by atoms with Crippen LogP contribution >= 0.6 is 0 Å².